The fourth-order valence-electron chi connectivity index (χ4n) is 2.60. The van der Waals surface area contributed by atoms with Crippen molar-refractivity contribution in [2.45, 2.75) is 18.9 Å². The molecule has 104 valence electrons. The number of hydrogen-bond donors (Lipinski definition) is 1. The molecule has 0 radical (unpaired) electrons. The molecule has 0 atom stereocenters. The maximum atomic E-state index is 12.5. The number of amides is 1. The van der Waals surface area contributed by atoms with Crippen LogP contribution < -0.4 is 5.32 Å². The number of nitrogens with one attached hydrogen (secondary N) is 1. The number of carbonyl (C=O) groups excluding carboxylic acids is 1. The SMILES string of the molecule is CN(C(=O)c1cnc2ccccc2n1)C1CCNCC1. The first kappa shape index (κ1) is 13.0. The number of hydrogen-bond acceptors (Lipinski definition) is 4. The van der Waals surface area contributed by atoms with Crippen LogP contribution in [-0.2, 0) is 0 Å². The van der Waals surface area contributed by atoms with Crippen molar-refractivity contribution in [1.29, 1.82) is 0 Å². The van der Waals surface area contributed by atoms with Gasteiger partial charge in [0.2, 0.25) is 0 Å². The van der Waals surface area contributed by atoms with E-state index in [0.29, 0.717) is 5.69 Å². The van der Waals surface area contributed by atoms with Crippen molar-refractivity contribution in [3.05, 3.63) is 36.2 Å². The summed E-state index contributed by atoms with van der Waals surface area (Å²) >= 11 is 0. The number of nitrogens with zero attached hydrogens (tertiary/aromatic N) is 3. The van der Waals surface area contributed by atoms with Crippen LogP contribution in [0.25, 0.3) is 11.0 Å². The topological polar surface area (TPSA) is 58.1 Å². The summed E-state index contributed by atoms with van der Waals surface area (Å²) in [5, 5.41) is 3.31. The first-order chi connectivity index (χ1) is 9.75. The van der Waals surface area contributed by atoms with Crippen molar-refractivity contribution in [1.82, 2.24) is 20.2 Å². The lowest BCUT2D eigenvalue weighted by molar-refractivity contribution is 0.0697. The number of fused-ring (bicyclic) bond motifs is 1. The standard InChI is InChI=1S/C15H18N4O/c1-19(11-6-8-16-9-7-11)15(20)14-10-17-12-4-2-3-5-13(12)18-14/h2-5,10-11,16H,6-9H2,1H3. The minimum absolute atomic E-state index is 0.0462. The third-order valence-corrected chi connectivity index (χ3v) is 3.84. The zero-order chi connectivity index (χ0) is 13.9. The van der Waals surface area contributed by atoms with Crippen LogP contribution in [0.15, 0.2) is 30.5 Å². The maximum absolute atomic E-state index is 12.5. The van der Waals surface area contributed by atoms with Gasteiger partial charge in [-0.05, 0) is 38.1 Å². The average molecular weight is 270 g/mol. The van der Waals surface area contributed by atoms with Crippen LogP contribution in [-0.4, -0.2) is 47.0 Å². The molecule has 1 aliphatic rings. The molecule has 1 amide bonds. The van der Waals surface area contributed by atoms with E-state index in [0.717, 1.165) is 37.0 Å². The predicted molar refractivity (Wildman–Crippen MR) is 77.5 cm³/mol. The summed E-state index contributed by atoms with van der Waals surface area (Å²) < 4.78 is 0. The molecule has 1 fully saturated rings. The summed E-state index contributed by atoms with van der Waals surface area (Å²) in [5.41, 5.74) is 2.00. The van der Waals surface area contributed by atoms with Gasteiger partial charge in [-0.25, -0.2) is 4.98 Å². The van der Waals surface area contributed by atoms with Crippen molar-refractivity contribution < 1.29 is 4.79 Å². The molecule has 3 rings (SSSR count). The van der Waals surface area contributed by atoms with Crippen molar-refractivity contribution in [2.24, 2.45) is 0 Å². The summed E-state index contributed by atoms with van der Waals surface area (Å²) in [7, 11) is 1.86. The second-order valence-corrected chi connectivity index (χ2v) is 5.14. The highest BCUT2D eigenvalue weighted by Gasteiger charge is 2.23. The van der Waals surface area contributed by atoms with Gasteiger partial charge in [0.15, 0.2) is 0 Å². The first-order valence-electron chi connectivity index (χ1n) is 6.95. The molecule has 1 aromatic heterocycles. The van der Waals surface area contributed by atoms with Gasteiger partial charge in [-0.3, -0.25) is 9.78 Å². The molecule has 0 spiro atoms. The smallest absolute Gasteiger partial charge is 0.274 e. The van der Waals surface area contributed by atoms with Crippen molar-refractivity contribution in [3.8, 4) is 0 Å². The quantitative estimate of drug-likeness (QED) is 0.897. The van der Waals surface area contributed by atoms with Gasteiger partial charge < -0.3 is 10.2 Å². The molecule has 1 saturated heterocycles. The van der Waals surface area contributed by atoms with Crippen molar-refractivity contribution in [3.63, 3.8) is 0 Å². The van der Waals surface area contributed by atoms with Gasteiger partial charge in [0.25, 0.3) is 5.91 Å². The number of para-hydroxylation sites is 2. The Morgan fingerprint density at radius 2 is 1.95 bits per heavy atom. The summed E-state index contributed by atoms with van der Waals surface area (Å²) in [6.45, 7) is 1.93. The summed E-state index contributed by atoms with van der Waals surface area (Å²) in [4.78, 5) is 23.0. The fraction of sp³-hybridized carbons (Fsp3) is 0.400. The number of benzene rings is 1. The van der Waals surface area contributed by atoms with Gasteiger partial charge >= 0.3 is 0 Å². The number of aromatic nitrogens is 2. The lowest BCUT2D eigenvalue weighted by Gasteiger charge is -2.31. The second-order valence-electron chi connectivity index (χ2n) is 5.14. The largest absolute Gasteiger partial charge is 0.337 e. The number of carbonyl (C=O) groups is 1. The number of rotatable bonds is 2. The number of piperidine rings is 1. The van der Waals surface area contributed by atoms with Crippen LogP contribution in [0.2, 0.25) is 0 Å². The molecule has 2 heterocycles. The van der Waals surface area contributed by atoms with E-state index in [9.17, 15) is 4.79 Å². The van der Waals surface area contributed by atoms with E-state index in [1.54, 1.807) is 11.1 Å². The van der Waals surface area contributed by atoms with E-state index < -0.39 is 0 Å². The van der Waals surface area contributed by atoms with E-state index in [2.05, 4.69) is 15.3 Å². The molecule has 20 heavy (non-hydrogen) atoms. The minimum atomic E-state index is -0.0462. The van der Waals surface area contributed by atoms with E-state index in [-0.39, 0.29) is 11.9 Å². The van der Waals surface area contributed by atoms with Gasteiger partial charge in [-0.2, -0.15) is 0 Å². The Morgan fingerprint density at radius 3 is 2.70 bits per heavy atom. The zero-order valence-electron chi connectivity index (χ0n) is 11.5. The molecule has 0 aliphatic carbocycles. The molecule has 2 aromatic rings. The highest BCUT2D eigenvalue weighted by atomic mass is 16.2. The summed E-state index contributed by atoms with van der Waals surface area (Å²) in [6, 6.07) is 7.88. The van der Waals surface area contributed by atoms with Gasteiger partial charge in [0.1, 0.15) is 5.69 Å². The molecule has 5 heteroatoms. The minimum Gasteiger partial charge on any atom is -0.337 e. The zero-order valence-corrected chi connectivity index (χ0v) is 11.5. The molecule has 0 saturated carbocycles. The normalized spacial score (nSPS) is 16.2. The highest BCUT2D eigenvalue weighted by Crippen LogP contribution is 2.14. The van der Waals surface area contributed by atoms with E-state index in [1.807, 2.05) is 31.3 Å². The Balaban J connectivity index is 1.83. The Hall–Kier alpha value is -2.01. The van der Waals surface area contributed by atoms with E-state index in [1.165, 1.54) is 0 Å². The third kappa shape index (κ3) is 2.49. The monoisotopic (exact) mass is 270 g/mol. The fourth-order valence-corrected chi connectivity index (χ4v) is 2.60. The lowest BCUT2D eigenvalue weighted by atomic mass is 10.1. The Labute approximate surface area is 118 Å². The van der Waals surface area contributed by atoms with Crippen molar-refractivity contribution in [2.75, 3.05) is 20.1 Å². The summed E-state index contributed by atoms with van der Waals surface area (Å²) in [6.07, 6.45) is 3.55. The third-order valence-electron chi connectivity index (χ3n) is 3.84. The molecule has 0 unspecified atom stereocenters. The Bertz CT molecular complexity index is 622. The molecular weight excluding hydrogens is 252 g/mol. The molecule has 5 nitrogen and oxygen atoms in total. The van der Waals surface area contributed by atoms with Gasteiger partial charge in [-0.1, -0.05) is 12.1 Å². The highest BCUT2D eigenvalue weighted by molar-refractivity contribution is 5.93. The Morgan fingerprint density at radius 1 is 1.25 bits per heavy atom. The van der Waals surface area contributed by atoms with Gasteiger partial charge in [0, 0.05) is 13.1 Å². The van der Waals surface area contributed by atoms with E-state index >= 15 is 0 Å². The summed E-state index contributed by atoms with van der Waals surface area (Å²) in [5.74, 6) is -0.0462. The van der Waals surface area contributed by atoms with Crippen molar-refractivity contribution >= 4 is 16.9 Å². The molecule has 1 N–H and O–H groups in total. The molecule has 1 aliphatic heterocycles. The molecule has 1 aromatic carbocycles. The second kappa shape index (κ2) is 5.54. The molecule has 0 bridgehead atoms. The predicted octanol–water partition coefficient (Wildman–Crippen LogP) is 1.45. The average Bonchev–Trinajstić information content (AvgIpc) is 2.54. The van der Waals surface area contributed by atoms with Gasteiger partial charge in [0.05, 0.1) is 17.2 Å². The van der Waals surface area contributed by atoms with Crippen LogP contribution in [0.4, 0.5) is 0 Å². The van der Waals surface area contributed by atoms with Gasteiger partial charge in [-0.15, -0.1) is 0 Å². The maximum Gasteiger partial charge on any atom is 0.274 e. The van der Waals surface area contributed by atoms with Crippen LogP contribution >= 0.6 is 0 Å². The van der Waals surface area contributed by atoms with Crippen LogP contribution in [0.1, 0.15) is 23.3 Å². The lowest BCUT2D eigenvalue weighted by Crippen LogP contribution is -2.44. The van der Waals surface area contributed by atoms with Crippen LogP contribution in [0, 0.1) is 0 Å². The van der Waals surface area contributed by atoms with Crippen LogP contribution in [0.3, 0.4) is 0 Å². The van der Waals surface area contributed by atoms with E-state index in [4.69, 9.17) is 0 Å². The first-order valence-corrected chi connectivity index (χ1v) is 6.95. The Kier molecular flexibility index (Phi) is 3.60. The molecular formula is C15H18N4O. The van der Waals surface area contributed by atoms with Crippen LogP contribution in [0.5, 0.6) is 0 Å².